The number of carbonyl (C=O) groups excluding carboxylic acids is 2. The van der Waals surface area contributed by atoms with E-state index < -0.39 is 23.5 Å². The number of aliphatic hydroxyl groups excluding tert-OH is 1. The molecule has 1 aromatic heterocycles. The summed E-state index contributed by atoms with van der Waals surface area (Å²) in [4.78, 5) is 32.0. The van der Waals surface area contributed by atoms with Crippen molar-refractivity contribution in [2.75, 3.05) is 4.90 Å². The first-order valence-electron chi connectivity index (χ1n) is 9.62. The number of hydrogen-bond donors (Lipinski definition) is 1. The van der Waals surface area contributed by atoms with Crippen LogP contribution in [-0.4, -0.2) is 21.8 Å². The van der Waals surface area contributed by atoms with Gasteiger partial charge in [-0.2, -0.15) is 0 Å². The molecule has 5 nitrogen and oxygen atoms in total. The van der Waals surface area contributed by atoms with E-state index in [0.29, 0.717) is 26.4 Å². The molecule has 3 aromatic carbocycles. The highest BCUT2D eigenvalue weighted by atomic mass is 35.5. The van der Waals surface area contributed by atoms with Crippen LogP contribution in [0.5, 0.6) is 0 Å². The Hall–Kier alpha value is -3.55. The molecule has 158 valence electrons. The number of carbonyl (C=O) groups is 2. The van der Waals surface area contributed by atoms with Gasteiger partial charge in [-0.05, 0) is 48.0 Å². The molecule has 1 fully saturated rings. The van der Waals surface area contributed by atoms with E-state index in [1.54, 1.807) is 48.5 Å². The second kappa shape index (κ2) is 7.85. The van der Waals surface area contributed by atoms with E-state index in [1.165, 1.54) is 23.1 Å². The van der Waals surface area contributed by atoms with Crippen LogP contribution in [0.2, 0.25) is 5.02 Å². The normalized spacial score (nSPS) is 17.9. The third-order valence-corrected chi connectivity index (χ3v) is 6.49. The van der Waals surface area contributed by atoms with Gasteiger partial charge in [0.2, 0.25) is 0 Å². The zero-order valence-corrected chi connectivity index (χ0v) is 17.9. The molecule has 1 amide bonds. The average Bonchev–Trinajstić information content (AvgIpc) is 3.32. The molecule has 0 bridgehead atoms. The second-order valence-electron chi connectivity index (χ2n) is 7.20. The summed E-state index contributed by atoms with van der Waals surface area (Å²) in [6.07, 6.45) is 0. The van der Waals surface area contributed by atoms with Crippen molar-refractivity contribution in [2.24, 2.45) is 0 Å². The predicted octanol–water partition coefficient (Wildman–Crippen LogP) is 5.72. The van der Waals surface area contributed by atoms with Gasteiger partial charge >= 0.3 is 5.91 Å². The molecule has 1 unspecified atom stereocenters. The summed E-state index contributed by atoms with van der Waals surface area (Å²) >= 11 is 7.05. The van der Waals surface area contributed by atoms with E-state index in [0.717, 1.165) is 11.3 Å². The summed E-state index contributed by atoms with van der Waals surface area (Å²) in [5.41, 5.74) is 1.46. The number of benzene rings is 3. The van der Waals surface area contributed by atoms with Crippen LogP contribution < -0.4 is 4.90 Å². The molecule has 1 atom stereocenters. The van der Waals surface area contributed by atoms with Gasteiger partial charge in [-0.3, -0.25) is 14.5 Å². The lowest BCUT2D eigenvalue weighted by Gasteiger charge is -2.22. The van der Waals surface area contributed by atoms with E-state index in [4.69, 9.17) is 11.6 Å². The summed E-state index contributed by atoms with van der Waals surface area (Å²) in [7, 11) is 0. The number of halogens is 2. The topological polar surface area (TPSA) is 70.5 Å². The Bertz CT molecular complexity index is 1400. The smallest absolute Gasteiger partial charge is 0.301 e. The summed E-state index contributed by atoms with van der Waals surface area (Å²) < 4.78 is 14.2. The van der Waals surface area contributed by atoms with Crippen molar-refractivity contribution in [3.8, 4) is 0 Å². The monoisotopic (exact) mass is 464 g/mol. The SMILES string of the molecule is O=C1C(=O)N(c2nc3ccc(F)cc3s2)C(c2ccccc2)/C1=C(\O)c1ccc(Cl)cc1. The number of anilines is 1. The summed E-state index contributed by atoms with van der Waals surface area (Å²) in [5, 5.41) is 11.8. The fourth-order valence-corrected chi connectivity index (χ4v) is 4.88. The van der Waals surface area contributed by atoms with Crippen LogP contribution in [0.4, 0.5) is 9.52 Å². The first kappa shape index (κ1) is 20.4. The van der Waals surface area contributed by atoms with Crippen LogP contribution in [0, 0.1) is 5.82 Å². The minimum atomic E-state index is -0.891. The lowest BCUT2D eigenvalue weighted by Crippen LogP contribution is -2.29. The lowest BCUT2D eigenvalue weighted by atomic mass is 9.95. The maximum absolute atomic E-state index is 13.7. The number of fused-ring (bicyclic) bond motifs is 1. The van der Waals surface area contributed by atoms with Crippen LogP contribution in [-0.2, 0) is 9.59 Å². The second-order valence-corrected chi connectivity index (χ2v) is 8.64. The third kappa shape index (κ3) is 3.36. The van der Waals surface area contributed by atoms with E-state index in [1.807, 2.05) is 6.07 Å². The third-order valence-electron chi connectivity index (χ3n) is 5.22. The summed E-state index contributed by atoms with van der Waals surface area (Å²) in [5.74, 6) is -2.36. The largest absolute Gasteiger partial charge is 0.507 e. The minimum Gasteiger partial charge on any atom is -0.507 e. The molecule has 8 heteroatoms. The Morgan fingerprint density at radius 1 is 1.03 bits per heavy atom. The fourth-order valence-electron chi connectivity index (χ4n) is 3.73. The lowest BCUT2D eigenvalue weighted by molar-refractivity contribution is -0.132. The molecule has 32 heavy (non-hydrogen) atoms. The average molecular weight is 465 g/mol. The molecule has 0 aliphatic carbocycles. The van der Waals surface area contributed by atoms with Gasteiger partial charge in [0, 0.05) is 10.6 Å². The Balaban J connectivity index is 1.72. The molecule has 1 saturated heterocycles. The molecule has 0 saturated carbocycles. The standard InChI is InChI=1S/C24H14ClFN2O3S/c25-15-8-6-14(7-9-15)21(29)19-20(13-4-2-1-3-5-13)28(23(31)22(19)30)24-27-17-11-10-16(26)12-18(17)32-24/h1-12,20,29H/b21-19+. The Morgan fingerprint density at radius 3 is 2.47 bits per heavy atom. The van der Waals surface area contributed by atoms with Crippen molar-refractivity contribution in [3.05, 3.63) is 100 Å². The Labute approximate surface area is 191 Å². The van der Waals surface area contributed by atoms with Crippen LogP contribution in [0.25, 0.3) is 16.0 Å². The number of rotatable bonds is 3. The van der Waals surface area contributed by atoms with Crippen LogP contribution in [0.1, 0.15) is 17.2 Å². The Morgan fingerprint density at radius 2 is 1.75 bits per heavy atom. The number of hydrogen-bond acceptors (Lipinski definition) is 5. The fraction of sp³-hybridized carbons (Fsp3) is 0.0417. The van der Waals surface area contributed by atoms with Gasteiger partial charge in [0.05, 0.1) is 21.8 Å². The van der Waals surface area contributed by atoms with Gasteiger partial charge < -0.3 is 5.11 Å². The maximum Gasteiger partial charge on any atom is 0.301 e. The van der Waals surface area contributed by atoms with Crippen molar-refractivity contribution in [1.82, 2.24) is 4.98 Å². The number of aliphatic hydroxyl groups is 1. The maximum atomic E-state index is 13.7. The highest BCUT2D eigenvalue weighted by Gasteiger charge is 2.48. The zero-order chi connectivity index (χ0) is 22.4. The van der Waals surface area contributed by atoms with Gasteiger partial charge in [0.25, 0.3) is 5.78 Å². The first-order chi connectivity index (χ1) is 15.4. The first-order valence-corrected chi connectivity index (χ1v) is 10.8. The molecule has 0 radical (unpaired) electrons. The van der Waals surface area contributed by atoms with Crippen molar-refractivity contribution in [3.63, 3.8) is 0 Å². The van der Waals surface area contributed by atoms with E-state index in [9.17, 15) is 19.1 Å². The zero-order valence-electron chi connectivity index (χ0n) is 16.3. The van der Waals surface area contributed by atoms with Gasteiger partial charge in [0.1, 0.15) is 11.6 Å². The number of ketones is 1. The van der Waals surface area contributed by atoms with Crippen molar-refractivity contribution >= 4 is 55.7 Å². The minimum absolute atomic E-state index is 0.0473. The summed E-state index contributed by atoms with van der Waals surface area (Å²) in [6, 6.07) is 18.5. The molecule has 1 N–H and O–H groups in total. The molecule has 1 aliphatic rings. The van der Waals surface area contributed by atoms with Crippen molar-refractivity contribution in [1.29, 1.82) is 0 Å². The quantitative estimate of drug-likeness (QED) is 0.239. The van der Waals surface area contributed by atoms with Crippen molar-refractivity contribution < 1.29 is 19.1 Å². The number of aromatic nitrogens is 1. The van der Waals surface area contributed by atoms with E-state index >= 15 is 0 Å². The Kier molecular flexibility index (Phi) is 5.00. The van der Waals surface area contributed by atoms with Gasteiger partial charge in [0.15, 0.2) is 5.13 Å². The van der Waals surface area contributed by atoms with Crippen LogP contribution in [0.3, 0.4) is 0 Å². The highest BCUT2D eigenvalue weighted by molar-refractivity contribution is 7.22. The molecule has 1 aliphatic heterocycles. The number of thiazole rings is 1. The van der Waals surface area contributed by atoms with Gasteiger partial charge in [-0.25, -0.2) is 9.37 Å². The van der Waals surface area contributed by atoms with Gasteiger partial charge in [-0.15, -0.1) is 0 Å². The van der Waals surface area contributed by atoms with E-state index in [-0.39, 0.29) is 16.5 Å². The molecular weight excluding hydrogens is 451 g/mol. The highest BCUT2D eigenvalue weighted by Crippen LogP contribution is 2.44. The molecule has 5 rings (SSSR count). The summed E-state index contributed by atoms with van der Waals surface area (Å²) in [6.45, 7) is 0. The number of amides is 1. The van der Waals surface area contributed by atoms with Gasteiger partial charge in [-0.1, -0.05) is 53.3 Å². The van der Waals surface area contributed by atoms with Crippen molar-refractivity contribution in [2.45, 2.75) is 6.04 Å². The molecule has 2 heterocycles. The molecule has 4 aromatic rings. The predicted molar refractivity (Wildman–Crippen MR) is 122 cm³/mol. The number of Topliss-reactive ketones (excluding diaryl/α,β-unsaturated/α-hetero) is 1. The molecular formula is C24H14ClFN2O3S. The van der Waals surface area contributed by atoms with Crippen LogP contribution in [0.15, 0.2) is 78.4 Å². The van der Waals surface area contributed by atoms with E-state index in [2.05, 4.69) is 4.98 Å². The molecule has 0 spiro atoms. The van der Waals surface area contributed by atoms with Crippen LogP contribution >= 0.6 is 22.9 Å². The number of nitrogens with zero attached hydrogens (tertiary/aromatic N) is 2.